The van der Waals surface area contributed by atoms with Gasteiger partial charge in [-0.2, -0.15) is 0 Å². The number of amides is 2. The molecular formula is C23H38N2O5S. The lowest BCUT2D eigenvalue weighted by Gasteiger charge is -2.55. The van der Waals surface area contributed by atoms with Gasteiger partial charge in [0.2, 0.25) is 5.91 Å². The summed E-state index contributed by atoms with van der Waals surface area (Å²) in [7, 11) is -3.02. The largest absolute Gasteiger partial charge is 0.368 e. The van der Waals surface area contributed by atoms with Crippen molar-refractivity contribution < 1.29 is 22.7 Å². The lowest BCUT2D eigenvalue weighted by Crippen LogP contribution is -2.68. The maximum Gasteiger partial charge on any atom is 0.252 e. The van der Waals surface area contributed by atoms with Crippen LogP contribution in [0.5, 0.6) is 0 Å². The van der Waals surface area contributed by atoms with Crippen molar-refractivity contribution in [2.75, 3.05) is 19.4 Å². The summed E-state index contributed by atoms with van der Waals surface area (Å²) >= 11 is 0. The molecule has 2 saturated heterocycles. The Bertz CT molecular complexity index is 794. The first-order valence-corrected chi connectivity index (χ1v) is 14.0. The van der Waals surface area contributed by atoms with Crippen LogP contribution in [0.3, 0.4) is 0 Å². The summed E-state index contributed by atoms with van der Waals surface area (Å²) in [6.45, 7) is 4.88. The maximum atomic E-state index is 13.4. The minimum Gasteiger partial charge on any atom is -0.368 e. The van der Waals surface area contributed by atoms with Gasteiger partial charge in [0.05, 0.1) is 17.3 Å². The van der Waals surface area contributed by atoms with Crippen molar-refractivity contribution in [1.82, 2.24) is 9.80 Å². The summed E-state index contributed by atoms with van der Waals surface area (Å²) in [6, 6.07) is 0.0660. The Kier molecular flexibility index (Phi) is 6.69. The number of carbonyl (C=O) groups excluding carboxylic acids is 2. The molecule has 2 saturated carbocycles. The second-order valence-electron chi connectivity index (χ2n) is 10.4. The Balaban J connectivity index is 1.54. The van der Waals surface area contributed by atoms with Crippen molar-refractivity contribution in [1.29, 1.82) is 0 Å². The zero-order valence-corrected chi connectivity index (χ0v) is 20.0. The van der Waals surface area contributed by atoms with Crippen LogP contribution in [0.15, 0.2) is 0 Å². The molecule has 4 aliphatic rings. The van der Waals surface area contributed by atoms with E-state index in [0.29, 0.717) is 25.0 Å². The SMILES string of the molecule is CC(=O)N1C(C)CN(C(=O)C2CCCO2)C2CC(C3CCCC(S(C)(=O)=O)C3)CCC21. The summed E-state index contributed by atoms with van der Waals surface area (Å²) in [5.41, 5.74) is 0. The van der Waals surface area contributed by atoms with Crippen LogP contribution in [0, 0.1) is 11.8 Å². The number of rotatable bonds is 3. The second-order valence-corrected chi connectivity index (χ2v) is 12.7. The molecule has 8 heteroatoms. The third kappa shape index (κ3) is 4.65. The van der Waals surface area contributed by atoms with Crippen molar-refractivity contribution in [2.45, 2.75) is 101 Å². The van der Waals surface area contributed by atoms with Crippen molar-refractivity contribution >= 4 is 21.7 Å². The van der Waals surface area contributed by atoms with Gasteiger partial charge < -0.3 is 14.5 Å². The molecule has 0 aromatic heterocycles. The van der Waals surface area contributed by atoms with Crippen LogP contribution in [0.2, 0.25) is 0 Å². The van der Waals surface area contributed by atoms with Crippen molar-refractivity contribution in [3.05, 3.63) is 0 Å². The number of fused-ring (bicyclic) bond motifs is 1. The predicted octanol–water partition coefficient (Wildman–Crippen LogP) is 2.39. The fraction of sp³-hybridized carbons (Fsp3) is 0.913. The van der Waals surface area contributed by atoms with E-state index in [0.717, 1.165) is 57.8 Å². The van der Waals surface area contributed by atoms with Gasteiger partial charge in [0, 0.05) is 32.4 Å². The van der Waals surface area contributed by atoms with Crippen LogP contribution < -0.4 is 0 Å². The fourth-order valence-electron chi connectivity index (χ4n) is 6.84. The van der Waals surface area contributed by atoms with Gasteiger partial charge in [0.15, 0.2) is 0 Å². The number of piperazine rings is 1. The molecule has 2 amide bonds. The average Bonchev–Trinajstić information content (AvgIpc) is 3.26. The Morgan fingerprint density at radius 2 is 1.68 bits per heavy atom. The van der Waals surface area contributed by atoms with Gasteiger partial charge in [-0.1, -0.05) is 12.8 Å². The van der Waals surface area contributed by atoms with Crippen LogP contribution in [0.25, 0.3) is 0 Å². The van der Waals surface area contributed by atoms with E-state index in [1.807, 2.05) is 16.7 Å². The summed E-state index contributed by atoms with van der Waals surface area (Å²) in [4.78, 5) is 29.8. The minimum atomic E-state index is -3.02. The highest BCUT2D eigenvalue weighted by atomic mass is 32.2. The molecule has 4 fully saturated rings. The van der Waals surface area contributed by atoms with E-state index in [9.17, 15) is 18.0 Å². The third-order valence-electron chi connectivity index (χ3n) is 8.31. The Labute approximate surface area is 186 Å². The molecular weight excluding hydrogens is 416 g/mol. The third-order valence-corrected chi connectivity index (χ3v) is 9.94. The van der Waals surface area contributed by atoms with E-state index in [1.54, 1.807) is 6.92 Å². The number of nitrogens with zero attached hydrogens (tertiary/aromatic N) is 2. The van der Waals surface area contributed by atoms with Crippen LogP contribution in [-0.4, -0.2) is 78.9 Å². The van der Waals surface area contributed by atoms with E-state index in [4.69, 9.17) is 4.74 Å². The van der Waals surface area contributed by atoms with E-state index in [1.165, 1.54) is 6.26 Å². The fourth-order valence-corrected chi connectivity index (χ4v) is 8.03. The highest BCUT2D eigenvalue weighted by Crippen LogP contribution is 2.44. The smallest absolute Gasteiger partial charge is 0.252 e. The van der Waals surface area contributed by atoms with E-state index >= 15 is 0 Å². The van der Waals surface area contributed by atoms with Crippen LogP contribution in [0.4, 0.5) is 0 Å². The van der Waals surface area contributed by atoms with Crippen molar-refractivity contribution in [3.8, 4) is 0 Å². The van der Waals surface area contributed by atoms with Crippen molar-refractivity contribution in [3.63, 3.8) is 0 Å². The quantitative estimate of drug-likeness (QED) is 0.654. The molecule has 2 heterocycles. The zero-order chi connectivity index (χ0) is 22.3. The standard InChI is InChI=1S/C23H38N2O5S/c1-15-14-24(23(27)22-8-5-11-30-22)21-13-18(9-10-20(21)25(15)16(2)26)17-6-4-7-19(12-17)31(3,28)29/h15,17-22H,4-14H2,1-3H3. The molecule has 176 valence electrons. The molecule has 0 N–H and O–H groups in total. The second kappa shape index (κ2) is 9.00. The molecule has 31 heavy (non-hydrogen) atoms. The number of sulfone groups is 1. The Morgan fingerprint density at radius 1 is 0.935 bits per heavy atom. The summed E-state index contributed by atoms with van der Waals surface area (Å²) < 4.78 is 30.1. The molecule has 0 spiro atoms. The van der Waals surface area contributed by atoms with E-state index in [2.05, 4.69) is 0 Å². The average molecular weight is 455 g/mol. The minimum absolute atomic E-state index is 0.00458. The maximum absolute atomic E-state index is 13.4. The van der Waals surface area contributed by atoms with Crippen LogP contribution in [0.1, 0.15) is 71.6 Å². The van der Waals surface area contributed by atoms with Crippen LogP contribution >= 0.6 is 0 Å². The van der Waals surface area contributed by atoms with Gasteiger partial charge in [-0.3, -0.25) is 9.59 Å². The topological polar surface area (TPSA) is 84.0 Å². The molecule has 0 aromatic carbocycles. The van der Waals surface area contributed by atoms with Gasteiger partial charge in [0.25, 0.3) is 5.91 Å². The van der Waals surface area contributed by atoms with Gasteiger partial charge in [-0.25, -0.2) is 8.42 Å². The molecule has 0 aromatic rings. The summed E-state index contributed by atoms with van der Waals surface area (Å²) in [5.74, 6) is 0.966. The Hall–Kier alpha value is -1.15. The number of hydrogen-bond acceptors (Lipinski definition) is 5. The molecule has 7 unspecified atom stereocenters. The van der Waals surface area contributed by atoms with Gasteiger partial charge >= 0.3 is 0 Å². The lowest BCUT2D eigenvalue weighted by molar-refractivity contribution is -0.160. The molecule has 2 aliphatic carbocycles. The monoisotopic (exact) mass is 454 g/mol. The summed E-state index contributed by atoms with van der Waals surface area (Å²) in [6.07, 6.45) is 9.01. The molecule has 0 bridgehead atoms. The van der Waals surface area contributed by atoms with E-state index < -0.39 is 9.84 Å². The highest BCUT2D eigenvalue weighted by Gasteiger charge is 2.49. The highest BCUT2D eigenvalue weighted by molar-refractivity contribution is 7.91. The molecule has 7 atom stereocenters. The van der Waals surface area contributed by atoms with Gasteiger partial charge in [-0.05, 0) is 63.7 Å². The number of carbonyl (C=O) groups is 2. The van der Waals surface area contributed by atoms with Crippen molar-refractivity contribution in [2.24, 2.45) is 11.8 Å². The Morgan fingerprint density at radius 3 is 2.32 bits per heavy atom. The van der Waals surface area contributed by atoms with Gasteiger partial charge in [-0.15, -0.1) is 0 Å². The first kappa shape index (κ1) is 23.0. The first-order chi connectivity index (χ1) is 14.7. The lowest BCUT2D eigenvalue weighted by atomic mass is 9.69. The molecule has 4 rings (SSSR count). The molecule has 7 nitrogen and oxygen atoms in total. The molecule has 0 radical (unpaired) electrons. The van der Waals surface area contributed by atoms with Crippen LogP contribution in [-0.2, 0) is 24.2 Å². The summed E-state index contributed by atoms with van der Waals surface area (Å²) in [5, 5.41) is -0.228. The number of ether oxygens (including phenoxy) is 1. The predicted molar refractivity (Wildman–Crippen MR) is 118 cm³/mol. The molecule has 2 aliphatic heterocycles. The normalized spacial score (nSPS) is 39.3. The zero-order valence-electron chi connectivity index (χ0n) is 19.2. The van der Waals surface area contributed by atoms with E-state index in [-0.39, 0.29) is 41.3 Å². The first-order valence-electron chi connectivity index (χ1n) is 12.1. The van der Waals surface area contributed by atoms with Gasteiger partial charge in [0.1, 0.15) is 15.9 Å². The number of hydrogen-bond donors (Lipinski definition) is 0.